The van der Waals surface area contributed by atoms with Crippen LogP contribution in [0.3, 0.4) is 0 Å². The maximum Gasteiger partial charge on any atom is 0.229 e. The molecule has 0 saturated carbocycles. The van der Waals surface area contributed by atoms with E-state index < -0.39 is 5.82 Å². The molecule has 1 aliphatic heterocycles. The number of hydrogen-bond acceptors (Lipinski definition) is 5. The van der Waals surface area contributed by atoms with E-state index in [0.29, 0.717) is 5.95 Å². The fraction of sp³-hybridized carbons (Fsp3) is 0.269. The number of anilines is 2. The van der Waals surface area contributed by atoms with E-state index in [1.807, 2.05) is 39.1 Å². The number of rotatable bonds is 5. The smallest absolute Gasteiger partial charge is 0.229 e. The third-order valence-corrected chi connectivity index (χ3v) is 6.02. The molecular formula is C26H27FN6. The fourth-order valence-electron chi connectivity index (χ4n) is 4.44. The SMILES string of the molecule is Cc1cc(C)cc(Nc2ncc(F)c(-n3cc(CN4CCc5ccccc5C4)c(C)n3)n2)c1. The Bertz CT molecular complexity index is 1290. The van der Waals surface area contributed by atoms with Gasteiger partial charge in [-0.3, -0.25) is 4.90 Å². The van der Waals surface area contributed by atoms with Gasteiger partial charge in [0, 0.05) is 37.1 Å². The van der Waals surface area contributed by atoms with E-state index in [2.05, 4.69) is 55.6 Å². The van der Waals surface area contributed by atoms with Gasteiger partial charge in [-0.1, -0.05) is 30.3 Å². The maximum atomic E-state index is 14.7. The second-order valence-corrected chi connectivity index (χ2v) is 8.78. The monoisotopic (exact) mass is 442 g/mol. The number of aryl methyl sites for hydroxylation is 3. The van der Waals surface area contributed by atoms with Gasteiger partial charge in [-0.2, -0.15) is 10.1 Å². The molecule has 33 heavy (non-hydrogen) atoms. The van der Waals surface area contributed by atoms with Crippen LogP contribution < -0.4 is 5.32 Å². The summed E-state index contributed by atoms with van der Waals surface area (Å²) in [6.45, 7) is 8.69. The minimum Gasteiger partial charge on any atom is -0.324 e. The topological polar surface area (TPSA) is 58.9 Å². The van der Waals surface area contributed by atoms with Crippen LogP contribution >= 0.6 is 0 Å². The molecule has 2 aromatic carbocycles. The second kappa shape index (κ2) is 8.75. The average Bonchev–Trinajstić information content (AvgIpc) is 3.14. The lowest BCUT2D eigenvalue weighted by Gasteiger charge is -2.28. The predicted octanol–water partition coefficient (Wildman–Crippen LogP) is 5.03. The Morgan fingerprint density at radius 1 is 1.03 bits per heavy atom. The molecule has 4 aromatic rings. The molecule has 1 N–H and O–H groups in total. The van der Waals surface area contributed by atoms with Crippen molar-refractivity contribution in [3.63, 3.8) is 0 Å². The van der Waals surface area contributed by atoms with Gasteiger partial charge in [-0.25, -0.2) is 14.1 Å². The molecule has 0 saturated heterocycles. The van der Waals surface area contributed by atoms with Gasteiger partial charge in [-0.05, 0) is 61.6 Å². The number of benzene rings is 2. The Labute approximate surface area is 193 Å². The van der Waals surface area contributed by atoms with Gasteiger partial charge in [0.15, 0.2) is 11.6 Å². The zero-order valence-electron chi connectivity index (χ0n) is 19.1. The number of hydrogen-bond donors (Lipinski definition) is 1. The molecule has 0 amide bonds. The van der Waals surface area contributed by atoms with E-state index in [1.54, 1.807) is 0 Å². The van der Waals surface area contributed by atoms with Crippen LogP contribution in [-0.2, 0) is 19.5 Å². The first kappa shape index (κ1) is 21.3. The Morgan fingerprint density at radius 3 is 2.58 bits per heavy atom. The minimum atomic E-state index is -0.512. The van der Waals surface area contributed by atoms with Crippen molar-refractivity contribution < 1.29 is 4.39 Å². The highest BCUT2D eigenvalue weighted by Gasteiger charge is 2.19. The van der Waals surface area contributed by atoms with Gasteiger partial charge in [-0.15, -0.1) is 0 Å². The van der Waals surface area contributed by atoms with Crippen molar-refractivity contribution in [3.8, 4) is 5.82 Å². The second-order valence-electron chi connectivity index (χ2n) is 8.78. The van der Waals surface area contributed by atoms with Crippen molar-refractivity contribution >= 4 is 11.6 Å². The molecule has 6 nitrogen and oxygen atoms in total. The molecule has 0 fully saturated rings. The van der Waals surface area contributed by atoms with Crippen molar-refractivity contribution in [1.29, 1.82) is 0 Å². The Hall–Kier alpha value is -3.58. The highest BCUT2D eigenvalue weighted by Crippen LogP contribution is 2.23. The molecule has 168 valence electrons. The normalized spacial score (nSPS) is 13.7. The first-order valence-electron chi connectivity index (χ1n) is 11.2. The lowest BCUT2D eigenvalue weighted by atomic mass is 9.99. The summed E-state index contributed by atoms with van der Waals surface area (Å²) in [6.07, 6.45) is 4.10. The van der Waals surface area contributed by atoms with Gasteiger partial charge < -0.3 is 5.32 Å². The zero-order valence-corrected chi connectivity index (χ0v) is 19.1. The Balaban J connectivity index is 1.37. The molecule has 7 heteroatoms. The van der Waals surface area contributed by atoms with Gasteiger partial charge in [0.25, 0.3) is 0 Å². The summed E-state index contributed by atoms with van der Waals surface area (Å²) in [4.78, 5) is 10.9. The number of halogens is 1. The van der Waals surface area contributed by atoms with E-state index in [4.69, 9.17) is 0 Å². The van der Waals surface area contributed by atoms with Crippen molar-refractivity contribution in [2.75, 3.05) is 11.9 Å². The van der Waals surface area contributed by atoms with Crippen molar-refractivity contribution in [2.24, 2.45) is 0 Å². The van der Waals surface area contributed by atoms with Crippen LogP contribution in [0.25, 0.3) is 5.82 Å². The standard InChI is InChI=1S/C26H27FN6/c1-17-10-18(2)12-23(11-17)29-26-28-13-24(27)25(30-26)33-16-22(19(3)31-33)15-32-9-8-20-6-4-5-7-21(20)14-32/h4-7,10-13,16H,8-9,14-15H2,1-3H3,(H,28,29,30). The van der Waals surface area contributed by atoms with Crippen LogP contribution in [0.1, 0.15) is 33.5 Å². The molecule has 0 aliphatic carbocycles. The maximum absolute atomic E-state index is 14.7. The summed E-state index contributed by atoms with van der Waals surface area (Å²) in [5.41, 5.74) is 7.87. The van der Waals surface area contributed by atoms with Gasteiger partial charge >= 0.3 is 0 Å². The molecule has 0 radical (unpaired) electrons. The van der Waals surface area contributed by atoms with Gasteiger partial charge in [0.1, 0.15) is 0 Å². The molecule has 0 bridgehead atoms. The average molecular weight is 443 g/mol. The van der Waals surface area contributed by atoms with Crippen LogP contribution in [0.4, 0.5) is 16.0 Å². The van der Waals surface area contributed by atoms with E-state index in [0.717, 1.165) is 54.1 Å². The largest absolute Gasteiger partial charge is 0.324 e. The molecule has 2 aromatic heterocycles. The summed E-state index contributed by atoms with van der Waals surface area (Å²) in [6, 6.07) is 14.7. The summed E-state index contributed by atoms with van der Waals surface area (Å²) >= 11 is 0. The number of nitrogens with one attached hydrogen (secondary N) is 1. The van der Waals surface area contributed by atoms with E-state index in [1.165, 1.54) is 22.0 Å². The highest BCUT2D eigenvalue weighted by molar-refractivity contribution is 5.56. The van der Waals surface area contributed by atoms with Crippen LogP contribution in [0.2, 0.25) is 0 Å². The van der Waals surface area contributed by atoms with Gasteiger partial charge in [0.2, 0.25) is 5.95 Å². The molecule has 0 spiro atoms. The lowest BCUT2D eigenvalue weighted by Crippen LogP contribution is -2.30. The summed E-state index contributed by atoms with van der Waals surface area (Å²) < 4.78 is 16.2. The summed E-state index contributed by atoms with van der Waals surface area (Å²) in [5, 5.41) is 7.74. The number of aromatic nitrogens is 4. The molecule has 0 atom stereocenters. The van der Waals surface area contributed by atoms with Gasteiger partial charge in [0.05, 0.1) is 11.9 Å². The first-order chi connectivity index (χ1) is 15.9. The van der Waals surface area contributed by atoms with Crippen LogP contribution in [0, 0.1) is 26.6 Å². The molecule has 3 heterocycles. The van der Waals surface area contributed by atoms with E-state index >= 15 is 0 Å². The Morgan fingerprint density at radius 2 is 1.79 bits per heavy atom. The van der Waals surface area contributed by atoms with Crippen molar-refractivity contribution in [1.82, 2.24) is 24.6 Å². The van der Waals surface area contributed by atoms with E-state index in [-0.39, 0.29) is 5.82 Å². The van der Waals surface area contributed by atoms with Crippen LogP contribution in [0.5, 0.6) is 0 Å². The third-order valence-electron chi connectivity index (χ3n) is 6.02. The van der Waals surface area contributed by atoms with E-state index in [9.17, 15) is 4.39 Å². The number of nitrogens with zero attached hydrogens (tertiary/aromatic N) is 5. The Kier molecular flexibility index (Phi) is 5.64. The quantitative estimate of drug-likeness (QED) is 0.470. The molecule has 0 unspecified atom stereocenters. The molecule has 1 aliphatic rings. The predicted molar refractivity (Wildman–Crippen MR) is 127 cm³/mol. The molecule has 5 rings (SSSR count). The van der Waals surface area contributed by atoms with Crippen molar-refractivity contribution in [3.05, 3.63) is 94.2 Å². The fourth-order valence-corrected chi connectivity index (χ4v) is 4.44. The first-order valence-corrected chi connectivity index (χ1v) is 11.2. The third kappa shape index (κ3) is 4.64. The number of fused-ring (bicyclic) bond motifs is 1. The summed E-state index contributed by atoms with van der Waals surface area (Å²) in [7, 11) is 0. The molecular weight excluding hydrogens is 415 g/mol. The lowest BCUT2D eigenvalue weighted by molar-refractivity contribution is 0.245. The van der Waals surface area contributed by atoms with Crippen LogP contribution in [0.15, 0.2) is 54.9 Å². The zero-order chi connectivity index (χ0) is 22.9. The van der Waals surface area contributed by atoms with Crippen LogP contribution in [-0.4, -0.2) is 31.2 Å². The summed E-state index contributed by atoms with van der Waals surface area (Å²) in [5.74, 6) is -0.0455. The highest BCUT2D eigenvalue weighted by atomic mass is 19.1. The minimum absolute atomic E-state index is 0.134. The van der Waals surface area contributed by atoms with Crippen molar-refractivity contribution in [2.45, 2.75) is 40.3 Å².